The largest absolute Gasteiger partial charge is 0.462 e. The van der Waals surface area contributed by atoms with Crippen molar-refractivity contribution < 1.29 is 18.3 Å². The smallest absolute Gasteiger partial charge is 0.338 e. The first-order valence-electron chi connectivity index (χ1n) is 5.76. The number of halogens is 2. The van der Waals surface area contributed by atoms with Crippen LogP contribution in [0.25, 0.3) is 11.1 Å². The summed E-state index contributed by atoms with van der Waals surface area (Å²) in [6.07, 6.45) is 0. The molecule has 97 valence electrons. The van der Waals surface area contributed by atoms with E-state index >= 15 is 0 Å². The summed E-state index contributed by atoms with van der Waals surface area (Å²) in [5, 5.41) is 0. The Kier molecular flexibility index (Phi) is 3.90. The van der Waals surface area contributed by atoms with Crippen LogP contribution in [0, 0.1) is 17.7 Å². The van der Waals surface area contributed by atoms with Crippen molar-refractivity contribution in [1.29, 1.82) is 0 Å². The minimum absolute atomic E-state index is 0.155. The lowest BCUT2D eigenvalue weighted by Gasteiger charge is -2.06. The molecule has 0 atom stereocenters. The van der Waals surface area contributed by atoms with Crippen molar-refractivity contribution in [3.05, 3.63) is 59.7 Å². The van der Waals surface area contributed by atoms with Crippen molar-refractivity contribution in [1.82, 2.24) is 0 Å². The molecule has 0 bridgehead atoms. The summed E-state index contributed by atoms with van der Waals surface area (Å²) in [6.45, 7) is 1.98. The molecule has 0 heterocycles. The lowest BCUT2D eigenvalue weighted by Crippen LogP contribution is -2.04. The number of rotatable bonds is 3. The van der Waals surface area contributed by atoms with Crippen LogP contribution in [0.15, 0.2) is 36.4 Å². The maximum absolute atomic E-state index is 13.6. The van der Waals surface area contributed by atoms with Gasteiger partial charge in [0, 0.05) is 6.07 Å². The fourth-order valence-electron chi connectivity index (χ4n) is 1.70. The molecule has 4 heteroatoms. The number of hydrogen-bond acceptors (Lipinski definition) is 2. The van der Waals surface area contributed by atoms with Gasteiger partial charge in [-0.3, -0.25) is 0 Å². The van der Waals surface area contributed by atoms with Crippen molar-refractivity contribution in [2.24, 2.45) is 0 Å². The van der Waals surface area contributed by atoms with E-state index in [0.717, 1.165) is 6.07 Å². The van der Waals surface area contributed by atoms with E-state index in [1.807, 2.05) is 0 Å². The molecule has 0 N–H and O–H groups in total. The molecule has 0 unspecified atom stereocenters. The number of esters is 1. The Morgan fingerprint density at radius 1 is 1.21 bits per heavy atom. The molecular weight excluding hydrogens is 250 g/mol. The van der Waals surface area contributed by atoms with Crippen molar-refractivity contribution in [2.45, 2.75) is 6.92 Å². The third-order valence-corrected chi connectivity index (χ3v) is 2.58. The molecule has 2 rings (SSSR count). The van der Waals surface area contributed by atoms with E-state index in [2.05, 4.69) is 6.07 Å². The lowest BCUT2D eigenvalue weighted by atomic mass is 10.0. The van der Waals surface area contributed by atoms with Crippen LogP contribution >= 0.6 is 0 Å². The van der Waals surface area contributed by atoms with Crippen LogP contribution in [0.2, 0.25) is 0 Å². The fourth-order valence-corrected chi connectivity index (χ4v) is 1.70. The van der Waals surface area contributed by atoms with Gasteiger partial charge < -0.3 is 4.74 Å². The molecule has 0 aliphatic carbocycles. The average molecular weight is 261 g/mol. The normalized spacial score (nSPS) is 10.3. The molecule has 0 fully saturated rings. The molecule has 2 aromatic carbocycles. The van der Waals surface area contributed by atoms with Crippen molar-refractivity contribution in [3.63, 3.8) is 0 Å². The summed E-state index contributed by atoms with van der Waals surface area (Å²) >= 11 is 0. The number of carbonyl (C=O) groups is 1. The first kappa shape index (κ1) is 13.2. The van der Waals surface area contributed by atoms with Crippen molar-refractivity contribution in [2.75, 3.05) is 6.61 Å². The first-order valence-corrected chi connectivity index (χ1v) is 5.76. The molecule has 0 saturated carbocycles. The van der Waals surface area contributed by atoms with Crippen LogP contribution in [-0.4, -0.2) is 12.6 Å². The summed E-state index contributed by atoms with van der Waals surface area (Å²) < 4.78 is 31.9. The van der Waals surface area contributed by atoms with Gasteiger partial charge in [0.05, 0.1) is 17.7 Å². The van der Waals surface area contributed by atoms with Gasteiger partial charge in [0.25, 0.3) is 0 Å². The third kappa shape index (κ3) is 2.78. The van der Waals surface area contributed by atoms with E-state index in [9.17, 15) is 13.6 Å². The van der Waals surface area contributed by atoms with Crippen LogP contribution in [0.3, 0.4) is 0 Å². The van der Waals surface area contributed by atoms with Crippen molar-refractivity contribution in [3.8, 4) is 11.1 Å². The highest BCUT2D eigenvalue weighted by atomic mass is 19.1. The molecule has 2 nitrogen and oxygen atoms in total. The van der Waals surface area contributed by atoms with Gasteiger partial charge in [-0.2, -0.15) is 0 Å². The predicted octanol–water partition coefficient (Wildman–Crippen LogP) is 3.61. The van der Waals surface area contributed by atoms with Gasteiger partial charge in [0.1, 0.15) is 11.6 Å². The second-order valence-corrected chi connectivity index (χ2v) is 3.81. The highest BCUT2D eigenvalue weighted by Crippen LogP contribution is 2.25. The Hall–Kier alpha value is -2.23. The molecule has 0 spiro atoms. The van der Waals surface area contributed by atoms with E-state index in [1.54, 1.807) is 6.92 Å². The van der Waals surface area contributed by atoms with Crippen LogP contribution in [0.4, 0.5) is 8.78 Å². The van der Waals surface area contributed by atoms with Crippen LogP contribution in [0.5, 0.6) is 0 Å². The van der Waals surface area contributed by atoms with Gasteiger partial charge in [-0.1, -0.05) is 12.1 Å². The van der Waals surface area contributed by atoms with Gasteiger partial charge in [-0.05, 0) is 36.8 Å². The predicted molar refractivity (Wildman–Crippen MR) is 66.6 cm³/mol. The molecule has 0 amide bonds. The molecule has 0 aliphatic rings. The topological polar surface area (TPSA) is 26.3 Å². The van der Waals surface area contributed by atoms with Gasteiger partial charge in [0.2, 0.25) is 0 Å². The highest BCUT2D eigenvalue weighted by molar-refractivity contribution is 5.90. The second kappa shape index (κ2) is 5.61. The zero-order chi connectivity index (χ0) is 13.8. The van der Waals surface area contributed by atoms with Crippen molar-refractivity contribution >= 4 is 5.97 Å². The van der Waals surface area contributed by atoms with E-state index in [4.69, 9.17) is 4.74 Å². The fraction of sp³-hybridized carbons (Fsp3) is 0.133. The number of ether oxygens (including phenoxy) is 1. The van der Waals surface area contributed by atoms with E-state index in [0.29, 0.717) is 11.1 Å². The van der Waals surface area contributed by atoms with E-state index in [-0.39, 0.29) is 12.2 Å². The lowest BCUT2D eigenvalue weighted by molar-refractivity contribution is 0.0526. The molecule has 19 heavy (non-hydrogen) atoms. The zero-order valence-electron chi connectivity index (χ0n) is 10.2. The highest BCUT2D eigenvalue weighted by Gasteiger charge is 2.12. The minimum atomic E-state index is -0.760. The molecule has 0 saturated heterocycles. The summed E-state index contributed by atoms with van der Waals surface area (Å²) in [7, 11) is 0. The average Bonchev–Trinajstić information content (AvgIpc) is 2.39. The molecule has 0 aromatic heterocycles. The summed E-state index contributed by atoms with van der Waals surface area (Å²) in [6, 6.07) is 10.5. The van der Waals surface area contributed by atoms with Crippen LogP contribution in [-0.2, 0) is 4.74 Å². The Bertz CT molecular complexity index is 571. The first-order chi connectivity index (χ1) is 9.13. The zero-order valence-corrected chi connectivity index (χ0v) is 10.2. The van der Waals surface area contributed by atoms with Gasteiger partial charge in [-0.25, -0.2) is 13.6 Å². The molecule has 1 radical (unpaired) electrons. The molecule has 2 aromatic rings. The quantitative estimate of drug-likeness (QED) is 0.789. The van der Waals surface area contributed by atoms with Crippen LogP contribution < -0.4 is 0 Å². The number of benzene rings is 2. The van der Waals surface area contributed by atoms with Gasteiger partial charge >= 0.3 is 5.97 Å². The van der Waals surface area contributed by atoms with Gasteiger partial charge in [0.15, 0.2) is 0 Å². The SMILES string of the molecule is CCOC(=O)c1ccc(-c2c(F)[c]ccc2F)cc1. The number of carbonyl (C=O) groups excluding carboxylic acids is 1. The Balaban J connectivity index is 2.35. The Labute approximate surface area is 109 Å². The monoisotopic (exact) mass is 261 g/mol. The summed E-state index contributed by atoms with van der Waals surface area (Å²) in [5.74, 6) is -1.89. The van der Waals surface area contributed by atoms with Gasteiger partial charge in [-0.15, -0.1) is 0 Å². The minimum Gasteiger partial charge on any atom is -0.462 e. The third-order valence-electron chi connectivity index (χ3n) is 2.58. The standard InChI is InChI=1S/C15H11F2O2/c1-2-19-15(18)11-8-6-10(7-9-11)14-12(16)4-3-5-13(14)17/h3-4,6-9H,2H2,1H3. The summed E-state index contributed by atoms with van der Waals surface area (Å²) in [4.78, 5) is 11.4. The van der Waals surface area contributed by atoms with Crippen LogP contribution in [0.1, 0.15) is 17.3 Å². The molecule has 0 aliphatic heterocycles. The molecular formula is C15H11F2O2. The Morgan fingerprint density at radius 2 is 1.89 bits per heavy atom. The van der Waals surface area contributed by atoms with E-state index in [1.165, 1.54) is 30.3 Å². The summed E-state index contributed by atoms with van der Waals surface area (Å²) in [5.41, 5.74) is 0.532. The maximum Gasteiger partial charge on any atom is 0.338 e. The van der Waals surface area contributed by atoms with E-state index < -0.39 is 17.6 Å². The Morgan fingerprint density at radius 3 is 2.47 bits per heavy atom. The number of hydrogen-bond donors (Lipinski definition) is 0. The second-order valence-electron chi connectivity index (χ2n) is 3.81. The maximum atomic E-state index is 13.6.